The zero-order valence-electron chi connectivity index (χ0n) is 16.9. The highest BCUT2D eigenvalue weighted by Gasteiger charge is 2.31. The molecule has 0 radical (unpaired) electrons. The van der Waals surface area contributed by atoms with E-state index in [2.05, 4.69) is 0 Å². The molecule has 0 atom stereocenters. The average molecular weight is 446 g/mol. The van der Waals surface area contributed by atoms with Crippen molar-refractivity contribution in [2.45, 2.75) is 31.6 Å². The van der Waals surface area contributed by atoms with E-state index in [1.807, 2.05) is 26.0 Å². The maximum atomic E-state index is 12.9. The fraction of sp³-hybridized carbons (Fsp3) is 0.381. The van der Waals surface area contributed by atoms with Gasteiger partial charge in [0.05, 0.1) is 10.5 Å². The number of hydrogen-bond acceptors (Lipinski definition) is 6. The molecule has 1 fully saturated rings. The molecule has 1 amide bonds. The minimum Gasteiger partial charge on any atom is -0.340 e. The van der Waals surface area contributed by atoms with Crippen LogP contribution in [0.5, 0.6) is 0 Å². The highest BCUT2D eigenvalue weighted by Crippen LogP contribution is 2.23. The molecular weight excluding hydrogens is 422 g/mol. The van der Waals surface area contributed by atoms with Gasteiger partial charge >= 0.3 is 0 Å². The lowest BCUT2D eigenvalue weighted by Gasteiger charge is -2.34. The maximum absolute atomic E-state index is 12.9. The second-order valence-electron chi connectivity index (χ2n) is 7.14. The van der Waals surface area contributed by atoms with Crippen molar-refractivity contribution >= 4 is 33.1 Å². The standard InChI is InChI=1S/C21H23N3O4S2/c1-15-13-18(16(2)29-15)19(25)7-8-21(26)23-9-11-24(12-10-23)30(27,28)20-6-4-3-5-17(20)14-22/h3-6,13H,7-12H2,1-2H3. The van der Waals surface area contributed by atoms with Gasteiger partial charge in [0, 0.05) is 54.3 Å². The van der Waals surface area contributed by atoms with Crippen LogP contribution in [0.1, 0.15) is 38.5 Å². The minimum atomic E-state index is -3.80. The lowest BCUT2D eigenvalue weighted by Crippen LogP contribution is -2.50. The van der Waals surface area contributed by atoms with E-state index in [4.69, 9.17) is 0 Å². The van der Waals surface area contributed by atoms with Crippen molar-refractivity contribution in [1.29, 1.82) is 5.26 Å². The Kier molecular flexibility index (Phi) is 6.71. The Bertz CT molecular complexity index is 1110. The first kappa shape index (κ1) is 22.2. The molecule has 0 saturated carbocycles. The molecular formula is C21H23N3O4S2. The third-order valence-corrected chi connectivity index (χ3v) is 8.05. The molecule has 1 aromatic heterocycles. The van der Waals surface area contributed by atoms with Gasteiger partial charge in [-0.3, -0.25) is 9.59 Å². The molecule has 0 aliphatic carbocycles. The van der Waals surface area contributed by atoms with Crippen molar-refractivity contribution < 1.29 is 18.0 Å². The minimum absolute atomic E-state index is 0.0145. The first-order valence-electron chi connectivity index (χ1n) is 9.61. The van der Waals surface area contributed by atoms with Gasteiger partial charge in [-0.15, -0.1) is 11.3 Å². The topological polar surface area (TPSA) is 98.6 Å². The van der Waals surface area contributed by atoms with Crippen molar-refractivity contribution in [3.05, 3.63) is 51.2 Å². The molecule has 1 aliphatic heterocycles. The van der Waals surface area contributed by atoms with E-state index < -0.39 is 10.0 Å². The van der Waals surface area contributed by atoms with Gasteiger partial charge in [-0.2, -0.15) is 9.57 Å². The molecule has 0 bridgehead atoms. The monoisotopic (exact) mass is 445 g/mol. The van der Waals surface area contributed by atoms with Crippen LogP contribution >= 0.6 is 11.3 Å². The van der Waals surface area contributed by atoms with Crippen LogP contribution in [0.2, 0.25) is 0 Å². The number of Topliss-reactive ketones (excluding diaryl/α,β-unsaturated/α-hetero) is 1. The molecule has 0 unspecified atom stereocenters. The summed E-state index contributed by atoms with van der Waals surface area (Å²) >= 11 is 1.56. The van der Waals surface area contributed by atoms with Crippen molar-refractivity contribution in [2.75, 3.05) is 26.2 Å². The van der Waals surface area contributed by atoms with Gasteiger partial charge in [-0.25, -0.2) is 8.42 Å². The number of amides is 1. The predicted molar refractivity (Wildman–Crippen MR) is 114 cm³/mol. The normalized spacial score (nSPS) is 15.0. The number of benzene rings is 1. The molecule has 7 nitrogen and oxygen atoms in total. The summed E-state index contributed by atoms with van der Waals surface area (Å²) < 4.78 is 27.1. The number of piperazine rings is 1. The second-order valence-corrected chi connectivity index (χ2v) is 10.5. The predicted octanol–water partition coefficient (Wildman–Crippen LogP) is 2.73. The Morgan fingerprint density at radius 3 is 2.37 bits per heavy atom. The second kappa shape index (κ2) is 9.08. The molecule has 0 spiro atoms. The van der Waals surface area contributed by atoms with Gasteiger partial charge in [0.2, 0.25) is 15.9 Å². The van der Waals surface area contributed by atoms with Gasteiger partial charge in [-0.05, 0) is 32.0 Å². The summed E-state index contributed by atoms with van der Waals surface area (Å²) in [4.78, 5) is 28.5. The Labute approximate surface area is 180 Å². The Morgan fingerprint density at radius 1 is 1.10 bits per heavy atom. The summed E-state index contributed by atoms with van der Waals surface area (Å²) in [6, 6.07) is 9.87. The molecule has 1 aliphatic rings. The van der Waals surface area contributed by atoms with E-state index in [1.54, 1.807) is 28.4 Å². The highest BCUT2D eigenvalue weighted by molar-refractivity contribution is 7.89. The van der Waals surface area contributed by atoms with Gasteiger partial charge in [0.1, 0.15) is 6.07 Å². The van der Waals surface area contributed by atoms with Crippen molar-refractivity contribution in [2.24, 2.45) is 0 Å². The lowest BCUT2D eigenvalue weighted by molar-refractivity contribution is -0.132. The number of thiophene rings is 1. The smallest absolute Gasteiger partial charge is 0.244 e. The number of rotatable bonds is 6. The van der Waals surface area contributed by atoms with Crippen LogP contribution < -0.4 is 0 Å². The molecule has 2 heterocycles. The largest absolute Gasteiger partial charge is 0.340 e. The highest BCUT2D eigenvalue weighted by atomic mass is 32.2. The van der Waals surface area contributed by atoms with Crippen LogP contribution in [-0.2, 0) is 14.8 Å². The molecule has 30 heavy (non-hydrogen) atoms. The van der Waals surface area contributed by atoms with Gasteiger partial charge in [0.25, 0.3) is 0 Å². The molecule has 2 aromatic rings. The van der Waals surface area contributed by atoms with Crippen LogP contribution in [0, 0.1) is 25.2 Å². The number of ketones is 1. The molecule has 1 saturated heterocycles. The summed E-state index contributed by atoms with van der Waals surface area (Å²) in [5.74, 6) is -0.193. The van der Waals surface area contributed by atoms with E-state index in [9.17, 15) is 23.3 Å². The van der Waals surface area contributed by atoms with Crippen molar-refractivity contribution in [1.82, 2.24) is 9.21 Å². The van der Waals surface area contributed by atoms with E-state index in [1.165, 1.54) is 16.4 Å². The van der Waals surface area contributed by atoms with Gasteiger partial charge in [0.15, 0.2) is 5.78 Å². The fourth-order valence-electron chi connectivity index (χ4n) is 3.52. The number of nitriles is 1. The fourth-order valence-corrected chi connectivity index (χ4v) is 6.03. The zero-order valence-corrected chi connectivity index (χ0v) is 18.6. The Balaban J connectivity index is 1.57. The first-order valence-corrected chi connectivity index (χ1v) is 11.9. The Morgan fingerprint density at radius 2 is 1.77 bits per heavy atom. The average Bonchev–Trinajstić information content (AvgIpc) is 3.09. The number of carbonyl (C=O) groups is 2. The van der Waals surface area contributed by atoms with E-state index in [0.717, 1.165) is 9.75 Å². The van der Waals surface area contributed by atoms with E-state index >= 15 is 0 Å². The van der Waals surface area contributed by atoms with Gasteiger partial charge in [-0.1, -0.05) is 12.1 Å². The third-order valence-electron chi connectivity index (χ3n) is 5.12. The summed E-state index contributed by atoms with van der Waals surface area (Å²) in [5.41, 5.74) is 0.783. The van der Waals surface area contributed by atoms with Crippen LogP contribution in [0.4, 0.5) is 0 Å². The summed E-state index contributed by atoms with van der Waals surface area (Å²) in [6.07, 6.45) is 0.251. The quantitative estimate of drug-likeness (QED) is 0.637. The van der Waals surface area contributed by atoms with Crippen LogP contribution in [0.25, 0.3) is 0 Å². The molecule has 1 aromatic carbocycles. The summed E-state index contributed by atoms with van der Waals surface area (Å²) in [5, 5.41) is 9.19. The maximum Gasteiger partial charge on any atom is 0.244 e. The Hall–Kier alpha value is -2.54. The molecule has 0 N–H and O–H groups in total. The zero-order chi connectivity index (χ0) is 21.9. The van der Waals surface area contributed by atoms with Crippen LogP contribution in [0.15, 0.2) is 35.2 Å². The first-order chi connectivity index (χ1) is 14.2. The van der Waals surface area contributed by atoms with Crippen molar-refractivity contribution in [3.8, 4) is 6.07 Å². The van der Waals surface area contributed by atoms with Crippen LogP contribution in [0.3, 0.4) is 0 Å². The van der Waals surface area contributed by atoms with Crippen molar-refractivity contribution in [3.63, 3.8) is 0 Å². The number of aryl methyl sites for hydroxylation is 2. The lowest BCUT2D eigenvalue weighted by atomic mass is 10.1. The van der Waals surface area contributed by atoms with E-state index in [0.29, 0.717) is 5.56 Å². The van der Waals surface area contributed by atoms with Gasteiger partial charge < -0.3 is 4.90 Å². The van der Waals surface area contributed by atoms with E-state index in [-0.39, 0.29) is 61.2 Å². The molecule has 9 heteroatoms. The summed E-state index contributed by atoms with van der Waals surface area (Å²) in [6.45, 7) is 4.68. The number of carbonyl (C=O) groups excluding carboxylic acids is 2. The summed E-state index contributed by atoms with van der Waals surface area (Å²) in [7, 11) is -3.80. The molecule has 3 rings (SSSR count). The number of hydrogen-bond donors (Lipinski definition) is 0. The third kappa shape index (κ3) is 4.61. The molecule has 158 valence electrons. The van der Waals surface area contributed by atoms with Crippen LogP contribution in [-0.4, -0.2) is 55.5 Å². The number of nitrogens with zero attached hydrogens (tertiary/aromatic N) is 3. The number of sulfonamides is 1. The SMILES string of the molecule is Cc1cc(C(=O)CCC(=O)N2CCN(S(=O)(=O)c3ccccc3C#N)CC2)c(C)s1.